The summed E-state index contributed by atoms with van der Waals surface area (Å²) in [4.78, 5) is 9.60. The Labute approximate surface area is 61.0 Å². The third kappa shape index (κ3) is 27.2. The van der Waals surface area contributed by atoms with Gasteiger partial charge in [-0.05, 0) is 20.8 Å². The lowest BCUT2D eigenvalue weighted by molar-refractivity contribution is -0.132. The Hall–Kier alpha value is -0.830. The Morgan fingerprint density at radius 3 is 1.60 bits per heavy atom. The van der Waals surface area contributed by atoms with Gasteiger partial charge in [-0.15, -0.1) is 0 Å². The molecule has 3 heteroatoms. The summed E-state index contributed by atoms with van der Waals surface area (Å²) in [5.41, 5.74) is 0.176. The number of hydrogen-bond donors (Lipinski definition) is 2. The summed E-state index contributed by atoms with van der Waals surface area (Å²) in [6.45, 7) is 8.05. The van der Waals surface area contributed by atoms with Gasteiger partial charge in [0.15, 0.2) is 0 Å². The van der Waals surface area contributed by atoms with Crippen molar-refractivity contribution in [3.8, 4) is 0 Å². The van der Waals surface area contributed by atoms with Crippen LogP contribution in [0.5, 0.6) is 0 Å². The molecule has 0 amide bonds. The van der Waals surface area contributed by atoms with Gasteiger partial charge in [-0.25, -0.2) is 4.79 Å². The fourth-order valence-corrected chi connectivity index (χ4v) is 0. The predicted octanol–water partition coefficient (Wildman–Crippen LogP) is 1.03. The Morgan fingerprint density at radius 1 is 1.50 bits per heavy atom. The van der Waals surface area contributed by atoms with E-state index in [9.17, 15) is 4.79 Å². The van der Waals surface area contributed by atoms with E-state index < -0.39 is 5.97 Å². The number of rotatable bonds is 1. The zero-order valence-electron chi connectivity index (χ0n) is 6.59. The highest BCUT2D eigenvalue weighted by Crippen LogP contribution is 1.81. The molecule has 0 radical (unpaired) electrons. The summed E-state index contributed by atoms with van der Waals surface area (Å²) in [5, 5.41) is 15.9. The maximum atomic E-state index is 9.60. The monoisotopic (exact) mass is 146 g/mol. The van der Waals surface area contributed by atoms with Gasteiger partial charge in [-0.3, -0.25) is 0 Å². The van der Waals surface area contributed by atoms with Crippen molar-refractivity contribution in [1.82, 2.24) is 0 Å². The van der Waals surface area contributed by atoms with E-state index in [2.05, 4.69) is 6.58 Å². The number of aliphatic carboxylic acids is 1. The molecule has 0 aromatic heterocycles. The standard InChI is InChI=1S/C4H6O2.C3H8O/c1-3(2)4(5)6;1-3(2)4/h1H2,2H3,(H,5,6);3-4H,1-2H3. The van der Waals surface area contributed by atoms with Crippen molar-refractivity contribution in [3.05, 3.63) is 12.2 Å². The van der Waals surface area contributed by atoms with Crippen molar-refractivity contribution in [3.63, 3.8) is 0 Å². The van der Waals surface area contributed by atoms with Crippen molar-refractivity contribution >= 4 is 5.97 Å². The Kier molecular flexibility index (Phi) is 7.49. The molecule has 0 atom stereocenters. The molecule has 0 aliphatic heterocycles. The van der Waals surface area contributed by atoms with E-state index in [-0.39, 0.29) is 11.7 Å². The fourth-order valence-electron chi connectivity index (χ4n) is 0. The van der Waals surface area contributed by atoms with Crippen LogP contribution < -0.4 is 0 Å². The van der Waals surface area contributed by atoms with Crippen LogP contribution in [-0.4, -0.2) is 22.3 Å². The Balaban J connectivity index is 0. The molecule has 0 aromatic carbocycles. The summed E-state index contributed by atoms with van der Waals surface area (Å²) in [6.07, 6.45) is -0.167. The molecule has 60 valence electrons. The van der Waals surface area contributed by atoms with E-state index in [0.717, 1.165) is 0 Å². The normalized spacial score (nSPS) is 8.10. The van der Waals surface area contributed by atoms with E-state index in [1.165, 1.54) is 6.92 Å². The third-order valence-corrected chi connectivity index (χ3v) is 0.365. The molecule has 10 heavy (non-hydrogen) atoms. The highest BCUT2D eigenvalue weighted by molar-refractivity contribution is 5.84. The van der Waals surface area contributed by atoms with Gasteiger partial charge in [-0.2, -0.15) is 0 Å². The van der Waals surface area contributed by atoms with Gasteiger partial charge in [0.2, 0.25) is 0 Å². The van der Waals surface area contributed by atoms with Gasteiger partial charge in [0.1, 0.15) is 0 Å². The van der Waals surface area contributed by atoms with Crippen LogP contribution in [0.3, 0.4) is 0 Å². The summed E-state index contributed by atoms with van der Waals surface area (Å²) in [6, 6.07) is 0. The number of carbonyl (C=O) groups is 1. The van der Waals surface area contributed by atoms with E-state index in [0.29, 0.717) is 0 Å². The van der Waals surface area contributed by atoms with Crippen LogP contribution in [0.2, 0.25) is 0 Å². The van der Waals surface area contributed by atoms with Gasteiger partial charge in [-0.1, -0.05) is 6.58 Å². The minimum atomic E-state index is -0.935. The number of carboxylic acids is 1. The lowest BCUT2D eigenvalue weighted by atomic mass is 10.4. The summed E-state index contributed by atoms with van der Waals surface area (Å²) < 4.78 is 0. The number of carboxylic acid groups (broad SMARTS) is 1. The maximum absolute atomic E-state index is 9.60. The van der Waals surface area contributed by atoms with Crippen molar-refractivity contribution in [1.29, 1.82) is 0 Å². The molecule has 0 unspecified atom stereocenters. The zero-order chi connectivity index (χ0) is 8.73. The summed E-state index contributed by atoms with van der Waals surface area (Å²) >= 11 is 0. The van der Waals surface area contributed by atoms with Gasteiger partial charge < -0.3 is 10.2 Å². The first-order valence-electron chi connectivity index (χ1n) is 2.94. The molecule has 0 spiro atoms. The van der Waals surface area contributed by atoms with E-state index >= 15 is 0 Å². The van der Waals surface area contributed by atoms with Crippen molar-refractivity contribution in [2.24, 2.45) is 0 Å². The third-order valence-electron chi connectivity index (χ3n) is 0.365. The SMILES string of the molecule is C=C(C)C(=O)O.CC(C)O. The number of aliphatic hydroxyl groups is 1. The van der Waals surface area contributed by atoms with Crippen molar-refractivity contribution in [2.45, 2.75) is 26.9 Å². The minimum absolute atomic E-state index is 0.167. The molecule has 0 aliphatic rings. The molecule has 0 aliphatic carbocycles. The van der Waals surface area contributed by atoms with E-state index in [1.807, 2.05) is 0 Å². The van der Waals surface area contributed by atoms with Crippen LogP contribution in [0.4, 0.5) is 0 Å². The molecule has 0 bridgehead atoms. The minimum Gasteiger partial charge on any atom is -0.478 e. The molecule has 0 aromatic rings. The quantitative estimate of drug-likeness (QED) is 0.543. The Morgan fingerprint density at radius 2 is 1.60 bits per heavy atom. The topological polar surface area (TPSA) is 57.5 Å². The van der Waals surface area contributed by atoms with Crippen LogP contribution in [0.1, 0.15) is 20.8 Å². The second kappa shape index (κ2) is 6.29. The van der Waals surface area contributed by atoms with Crippen LogP contribution in [0, 0.1) is 0 Å². The average Bonchev–Trinajstić information content (AvgIpc) is 1.63. The average molecular weight is 146 g/mol. The number of aliphatic hydroxyl groups excluding tert-OH is 1. The molecule has 0 rings (SSSR count). The lowest BCUT2D eigenvalue weighted by Crippen LogP contribution is -1.92. The smallest absolute Gasteiger partial charge is 0.330 e. The molecule has 0 saturated carbocycles. The van der Waals surface area contributed by atoms with Crippen molar-refractivity contribution in [2.75, 3.05) is 0 Å². The molecular formula is C7H14O3. The second-order valence-electron chi connectivity index (χ2n) is 2.18. The van der Waals surface area contributed by atoms with Gasteiger partial charge in [0, 0.05) is 11.7 Å². The predicted molar refractivity (Wildman–Crippen MR) is 39.8 cm³/mol. The highest BCUT2D eigenvalue weighted by atomic mass is 16.4. The first-order chi connectivity index (χ1) is 4.37. The largest absolute Gasteiger partial charge is 0.478 e. The Bertz CT molecular complexity index is 101. The van der Waals surface area contributed by atoms with E-state index in [4.69, 9.17) is 10.2 Å². The van der Waals surface area contributed by atoms with Crippen LogP contribution in [-0.2, 0) is 4.79 Å². The van der Waals surface area contributed by atoms with Gasteiger partial charge >= 0.3 is 5.97 Å². The lowest BCUT2D eigenvalue weighted by Gasteiger charge is -1.80. The first kappa shape index (κ1) is 11.9. The molecule has 0 heterocycles. The highest BCUT2D eigenvalue weighted by Gasteiger charge is 1.90. The van der Waals surface area contributed by atoms with Crippen LogP contribution in [0.25, 0.3) is 0 Å². The molecule has 0 fully saturated rings. The molecular weight excluding hydrogens is 132 g/mol. The fraction of sp³-hybridized carbons (Fsp3) is 0.571. The van der Waals surface area contributed by atoms with Gasteiger partial charge in [0.05, 0.1) is 0 Å². The second-order valence-corrected chi connectivity index (χ2v) is 2.18. The van der Waals surface area contributed by atoms with Gasteiger partial charge in [0.25, 0.3) is 0 Å². The first-order valence-corrected chi connectivity index (χ1v) is 2.94. The molecule has 3 nitrogen and oxygen atoms in total. The number of hydrogen-bond acceptors (Lipinski definition) is 2. The van der Waals surface area contributed by atoms with Crippen LogP contribution in [0.15, 0.2) is 12.2 Å². The molecule has 0 saturated heterocycles. The maximum Gasteiger partial charge on any atom is 0.330 e. The summed E-state index contributed by atoms with van der Waals surface area (Å²) in [5.74, 6) is -0.935. The van der Waals surface area contributed by atoms with Crippen molar-refractivity contribution < 1.29 is 15.0 Å². The van der Waals surface area contributed by atoms with E-state index in [1.54, 1.807) is 13.8 Å². The zero-order valence-corrected chi connectivity index (χ0v) is 6.59. The van der Waals surface area contributed by atoms with Crippen LogP contribution >= 0.6 is 0 Å². The summed E-state index contributed by atoms with van der Waals surface area (Å²) in [7, 11) is 0. The molecule has 2 N–H and O–H groups in total.